The van der Waals surface area contributed by atoms with E-state index in [1.807, 2.05) is 30.2 Å². The van der Waals surface area contributed by atoms with E-state index < -0.39 is 0 Å². The largest absolute Gasteiger partial charge is 0.375 e. The Kier molecular flexibility index (Phi) is 4.85. The van der Waals surface area contributed by atoms with Crippen molar-refractivity contribution in [3.8, 4) is 11.1 Å². The van der Waals surface area contributed by atoms with Crippen LogP contribution in [0.25, 0.3) is 22.0 Å². The highest BCUT2D eigenvalue weighted by atomic mass is 16.5. The number of pyridine rings is 1. The average Bonchev–Trinajstić information content (AvgIpc) is 3.14. The quantitative estimate of drug-likeness (QED) is 0.543. The van der Waals surface area contributed by atoms with Crippen molar-refractivity contribution in [2.45, 2.75) is 13.0 Å². The number of ether oxygens (including phenoxy) is 1. The summed E-state index contributed by atoms with van der Waals surface area (Å²) in [4.78, 5) is 6.89. The van der Waals surface area contributed by atoms with Gasteiger partial charge >= 0.3 is 0 Å². The molecule has 0 saturated carbocycles. The third kappa shape index (κ3) is 3.74. The maximum absolute atomic E-state index is 5.67. The lowest BCUT2D eigenvalue weighted by Gasteiger charge is -2.33. The molecule has 152 valence electrons. The fourth-order valence-electron chi connectivity index (χ4n) is 4.00. The van der Waals surface area contributed by atoms with E-state index in [9.17, 15) is 0 Å². The van der Waals surface area contributed by atoms with Gasteiger partial charge in [-0.25, -0.2) is 4.98 Å². The number of nitrogens with zero attached hydrogens (tertiary/aromatic N) is 4. The van der Waals surface area contributed by atoms with E-state index in [0.717, 1.165) is 53.2 Å². The second-order valence-electron chi connectivity index (χ2n) is 7.77. The summed E-state index contributed by atoms with van der Waals surface area (Å²) in [6, 6.07) is 19.0. The van der Waals surface area contributed by atoms with Gasteiger partial charge in [0.25, 0.3) is 0 Å². The molecule has 30 heavy (non-hydrogen) atoms. The van der Waals surface area contributed by atoms with Crippen LogP contribution in [-0.2, 0) is 11.8 Å². The highest BCUT2D eigenvalue weighted by molar-refractivity contribution is 5.85. The Morgan fingerprint density at radius 2 is 1.97 bits per heavy atom. The first kappa shape index (κ1) is 18.6. The van der Waals surface area contributed by atoms with E-state index in [4.69, 9.17) is 4.74 Å². The van der Waals surface area contributed by atoms with E-state index in [0.29, 0.717) is 0 Å². The average molecular weight is 399 g/mol. The van der Waals surface area contributed by atoms with Crippen LogP contribution in [0.5, 0.6) is 0 Å². The normalized spacial score (nSPS) is 16.7. The summed E-state index contributed by atoms with van der Waals surface area (Å²) in [5.74, 6) is 0.825. The van der Waals surface area contributed by atoms with Crippen LogP contribution in [0.2, 0.25) is 0 Å². The lowest BCUT2D eigenvalue weighted by Crippen LogP contribution is -2.41. The van der Waals surface area contributed by atoms with Crippen molar-refractivity contribution in [1.82, 2.24) is 14.8 Å². The van der Waals surface area contributed by atoms with Gasteiger partial charge in [-0.2, -0.15) is 5.10 Å². The highest BCUT2D eigenvalue weighted by Gasteiger charge is 2.17. The van der Waals surface area contributed by atoms with Crippen molar-refractivity contribution in [1.29, 1.82) is 0 Å². The van der Waals surface area contributed by atoms with Crippen LogP contribution < -0.4 is 10.2 Å². The number of aromatic nitrogens is 3. The molecule has 0 amide bonds. The minimum absolute atomic E-state index is 0.255. The lowest BCUT2D eigenvalue weighted by molar-refractivity contribution is 0.0532. The molecule has 3 heterocycles. The summed E-state index contributed by atoms with van der Waals surface area (Å²) in [6.45, 7) is 4.71. The number of nitrogens with one attached hydrogen (secondary N) is 1. The molecule has 1 atom stereocenters. The summed E-state index contributed by atoms with van der Waals surface area (Å²) in [7, 11) is 1.96. The molecular weight excluding hydrogens is 374 g/mol. The number of hydrogen-bond acceptors (Lipinski definition) is 5. The fourth-order valence-corrected chi connectivity index (χ4v) is 4.00. The molecule has 5 rings (SSSR count). The first-order valence-electron chi connectivity index (χ1n) is 10.3. The van der Waals surface area contributed by atoms with Crippen LogP contribution in [0, 0.1) is 0 Å². The van der Waals surface area contributed by atoms with Gasteiger partial charge in [0.05, 0.1) is 24.4 Å². The predicted molar refractivity (Wildman–Crippen MR) is 121 cm³/mol. The first-order valence-corrected chi connectivity index (χ1v) is 10.3. The van der Waals surface area contributed by atoms with Crippen LogP contribution in [-0.4, -0.2) is 40.6 Å². The van der Waals surface area contributed by atoms with Gasteiger partial charge in [0.1, 0.15) is 5.82 Å². The van der Waals surface area contributed by atoms with E-state index >= 15 is 0 Å². The molecule has 2 aromatic carbocycles. The van der Waals surface area contributed by atoms with E-state index in [2.05, 4.69) is 75.8 Å². The Balaban J connectivity index is 1.38. The third-order valence-corrected chi connectivity index (χ3v) is 5.56. The zero-order valence-corrected chi connectivity index (χ0v) is 17.2. The van der Waals surface area contributed by atoms with Crippen LogP contribution >= 0.6 is 0 Å². The Morgan fingerprint density at radius 3 is 2.87 bits per heavy atom. The van der Waals surface area contributed by atoms with Crippen molar-refractivity contribution in [3.05, 3.63) is 67.0 Å². The molecule has 4 aromatic rings. The molecule has 1 N–H and O–H groups in total. The van der Waals surface area contributed by atoms with E-state index in [1.165, 1.54) is 5.69 Å². The monoisotopic (exact) mass is 399 g/mol. The second kappa shape index (κ2) is 7.80. The SMILES string of the molecule is C[C@@H]1CN(c2cccc(Nc3cc(-c4ccc5c(cnn5C)c4)ccn3)c2)CCO1. The zero-order chi connectivity index (χ0) is 20.5. The molecule has 6 nitrogen and oxygen atoms in total. The Bertz CT molecular complexity index is 1190. The molecule has 1 fully saturated rings. The molecule has 0 unspecified atom stereocenters. The minimum atomic E-state index is 0.255. The number of anilines is 3. The second-order valence-corrected chi connectivity index (χ2v) is 7.77. The number of hydrogen-bond donors (Lipinski definition) is 1. The maximum atomic E-state index is 5.67. The zero-order valence-electron chi connectivity index (χ0n) is 17.2. The molecule has 6 heteroatoms. The van der Waals surface area contributed by atoms with Gasteiger partial charge in [-0.3, -0.25) is 4.68 Å². The molecule has 0 spiro atoms. The van der Waals surface area contributed by atoms with Gasteiger partial charge in [0.15, 0.2) is 0 Å². The van der Waals surface area contributed by atoms with Gasteiger partial charge in [-0.05, 0) is 60.5 Å². The van der Waals surface area contributed by atoms with Crippen molar-refractivity contribution in [2.24, 2.45) is 7.05 Å². The minimum Gasteiger partial charge on any atom is -0.375 e. The van der Waals surface area contributed by atoms with Gasteiger partial charge in [0, 0.05) is 43.1 Å². The Labute approximate surface area is 176 Å². The van der Waals surface area contributed by atoms with Crippen molar-refractivity contribution < 1.29 is 4.74 Å². The summed E-state index contributed by atoms with van der Waals surface area (Å²) in [6.07, 6.45) is 4.00. The van der Waals surface area contributed by atoms with Crippen molar-refractivity contribution in [2.75, 3.05) is 29.9 Å². The van der Waals surface area contributed by atoms with Gasteiger partial charge < -0.3 is 15.0 Å². The van der Waals surface area contributed by atoms with Crippen LogP contribution in [0.4, 0.5) is 17.2 Å². The van der Waals surface area contributed by atoms with Crippen molar-refractivity contribution >= 4 is 28.1 Å². The summed E-state index contributed by atoms with van der Waals surface area (Å²) < 4.78 is 7.56. The summed E-state index contributed by atoms with van der Waals surface area (Å²) in [5, 5.41) is 8.93. The highest BCUT2D eigenvalue weighted by Crippen LogP contribution is 2.28. The first-order chi connectivity index (χ1) is 14.7. The van der Waals surface area contributed by atoms with Crippen LogP contribution in [0.1, 0.15) is 6.92 Å². The van der Waals surface area contributed by atoms with Crippen LogP contribution in [0.3, 0.4) is 0 Å². The number of fused-ring (bicyclic) bond motifs is 1. The molecular formula is C24H25N5O. The van der Waals surface area contributed by atoms with Gasteiger partial charge in [-0.15, -0.1) is 0 Å². The molecule has 0 aliphatic carbocycles. The number of rotatable bonds is 4. The molecule has 1 saturated heterocycles. The predicted octanol–water partition coefficient (Wildman–Crippen LogP) is 4.60. The molecule has 0 bridgehead atoms. The third-order valence-electron chi connectivity index (χ3n) is 5.56. The Hall–Kier alpha value is -3.38. The van der Waals surface area contributed by atoms with Crippen LogP contribution in [0.15, 0.2) is 67.0 Å². The molecule has 2 aromatic heterocycles. The number of morpholine rings is 1. The van der Waals surface area contributed by atoms with Gasteiger partial charge in [-0.1, -0.05) is 12.1 Å². The summed E-state index contributed by atoms with van der Waals surface area (Å²) in [5.41, 5.74) is 5.63. The van der Waals surface area contributed by atoms with E-state index in [-0.39, 0.29) is 6.10 Å². The Morgan fingerprint density at radius 1 is 1.07 bits per heavy atom. The molecule has 0 radical (unpaired) electrons. The standard InChI is InChI=1S/C24H25N5O/c1-17-16-29(10-11-30-17)22-5-3-4-21(14-22)27-24-13-19(8-9-25-24)18-6-7-23-20(12-18)15-26-28(23)2/h3-9,12-15,17H,10-11,16H2,1-2H3,(H,25,27)/t17-/m1/s1. The van der Waals surface area contributed by atoms with Crippen molar-refractivity contribution in [3.63, 3.8) is 0 Å². The number of aryl methyl sites for hydroxylation is 1. The fraction of sp³-hybridized carbons (Fsp3) is 0.250. The van der Waals surface area contributed by atoms with E-state index in [1.54, 1.807) is 0 Å². The maximum Gasteiger partial charge on any atom is 0.130 e. The summed E-state index contributed by atoms with van der Waals surface area (Å²) >= 11 is 0. The topological polar surface area (TPSA) is 55.2 Å². The molecule has 1 aliphatic heterocycles. The van der Waals surface area contributed by atoms with Gasteiger partial charge in [0.2, 0.25) is 0 Å². The molecule has 1 aliphatic rings. The number of benzene rings is 2. The lowest BCUT2D eigenvalue weighted by atomic mass is 10.1. The smallest absolute Gasteiger partial charge is 0.130 e.